The number of carbonyl (C=O) groups is 2. The van der Waals surface area contributed by atoms with Crippen LogP contribution in [-0.2, 0) is 9.47 Å². The monoisotopic (exact) mass is 354 g/mol. The Labute approximate surface area is 152 Å². The molecule has 0 aromatic heterocycles. The van der Waals surface area contributed by atoms with Crippen LogP contribution in [0.1, 0.15) is 37.8 Å². The molecule has 0 radical (unpaired) electrons. The molecule has 136 valence electrons. The van der Waals surface area contributed by atoms with Gasteiger partial charge >= 0.3 is 12.2 Å². The molecule has 0 saturated carbocycles. The van der Waals surface area contributed by atoms with Crippen LogP contribution in [0, 0.1) is 0 Å². The van der Waals surface area contributed by atoms with Crippen LogP contribution in [0.15, 0.2) is 48.5 Å². The van der Waals surface area contributed by atoms with Crippen LogP contribution in [-0.4, -0.2) is 24.4 Å². The summed E-state index contributed by atoms with van der Waals surface area (Å²) in [5.74, 6) is -0.0327. The zero-order valence-corrected chi connectivity index (χ0v) is 15.0. The molecule has 2 N–H and O–H groups in total. The summed E-state index contributed by atoms with van der Waals surface area (Å²) in [7, 11) is 0. The second-order valence-electron chi connectivity index (χ2n) is 7.08. The Morgan fingerprint density at radius 2 is 1.38 bits per heavy atom. The zero-order valence-electron chi connectivity index (χ0n) is 15.0. The average Bonchev–Trinajstić information content (AvgIpc) is 2.91. The summed E-state index contributed by atoms with van der Waals surface area (Å²) in [4.78, 5) is 23.4. The third kappa shape index (κ3) is 3.96. The second-order valence-corrected chi connectivity index (χ2v) is 7.08. The first-order valence-corrected chi connectivity index (χ1v) is 8.45. The lowest BCUT2D eigenvalue weighted by molar-refractivity contribution is 0.0485. The van der Waals surface area contributed by atoms with E-state index < -0.39 is 17.8 Å². The molecule has 2 aromatic rings. The van der Waals surface area contributed by atoms with Gasteiger partial charge in [0, 0.05) is 5.92 Å². The number of benzene rings is 2. The summed E-state index contributed by atoms with van der Waals surface area (Å²) < 4.78 is 10.3. The minimum atomic E-state index is -0.744. The van der Waals surface area contributed by atoms with Crippen molar-refractivity contribution in [2.75, 3.05) is 6.61 Å². The summed E-state index contributed by atoms with van der Waals surface area (Å²) in [5.41, 5.74) is 8.28. The molecule has 2 aromatic carbocycles. The van der Waals surface area contributed by atoms with Gasteiger partial charge in [-0.25, -0.2) is 20.4 Å². The summed E-state index contributed by atoms with van der Waals surface area (Å²) >= 11 is 0. The van der Waals surface area contributed by atoms with Gasteiger partial charge in [-0.1, -0.05) is 48.5 Å². The van der Waals surface area contributed by atoms with Crippen molar-refractivity contribution in [1.29, 1.82) is 0 Å². The van der Waals surface area contributed by atoms with Crippen LogP contribution < -0.4 is 10.9 Å². The molecule has 2 amide bonds. The first-order chi connectivity index (χ1) is 12.3. The molecule has 3 rings (SSSR count). The van der Waals surface area contributed by atoms with E-state index in [1.807, 2.05) is 36.4 Å². The van der Waals surface area contributed by atoms with Crippen LogP contribution in [0.5, 0.6) is 0 Å². The van der Waals surface area contributed by atoms with Crippen molar-refractivity contribution < 1.29 is 19.1 Å². The van der Waals surface area contributed by atoms with Crippen molar-refractivity contribution >= 4 is 12.2 Å². The first-order valence-electron chi connectivity index (χ1n) is 8.45. The molecule has 0 unspecified atom stereocenters. The Morgan fingerprint density at radius 3 is 1.92 bits per heavy atom. The van der Waals surface area contributed by atoms with Crippen LogP contribution >= 0.6 is 0 Å². The number of rotatable bonds is 2. The third-order valence-corrected chi connectivity index (χ3v) is 4.01. The molecule has 1 aliphatic carbocycles. The maximum atomic E-state index is 11.9. The largest absolute Gasteiger partial charge is 0.447 e. The van der Waals surface area contributed by atoms with Crippen molar-refractivity contribution in [2.45, 2.75) is 32.3 Å². The van der Waals surface area contributed by atoms with Crippen LogP contribution in [0.3, 0.4) is 0 Å². The normalized spacial score (nSPS) is 12.7. The summed E-state index contributed by atoms with van der Waals surface area (Å²) in [6.07, 6.45) is -1.48. The van der Waals surface area contributed by atoms with E-state index in [4.69, 9.17) is 9.47 Å². The van der Waals surface area contributed by atoms with Crippen molar-refractivity contribution in [2.24, 2.45) is 0 Å². The summed E-state index contributed by atoms with van der Waals surface area (Å²) in [6.45, 7) is 5.38. The van der Waals surface area contributed by atoms with E-state index in [1.54, 1.807) is 20.8 Å². The molecular formula is C20H22N2O4. The van der Waals surface area contributed by atoms with Crippen LogP contribution in [0.25, 0.3) is 11.1 Å². The minimum Gasteiger partial charge on any atom is -0.447 e. The number of ether oxygens (including phenoxy) is 2. The highest BCUT2D eigenvalue weighted by molar-refractivity contribution is 5.79. The molecule has 26 heavy (non-hydrogen) atoms. The lowest BCUT2D eigenvalue weighted by atomic mass is 9.98. The number of hydrazine groups is 1. The number of nitrogens with one attached hydrogen (secondary N) is 2. The van der Waals surface area contributed by atoms with E-state index in [1.165, 1.54) is 0 Å². The van der Waals surface area contributed by atoms with E-state index in [-0.39, 0.29) is 12.5 Å². The molecule has 1 aliphatic rings. The van der Waals surface area contributed by atoms with E-state index >= 15 is 0 Å². The summed E-state index contributed by atoms with van der Waals surface area (Å²) in [5, 5.41) is 0. The standard InChI is InChI=1S/C20H22N2O4/c1-20(2,3)26-19(24)22-21-18(23)25-12-17-15-10-6-4-8-13(15)14-9-5-7-11-16(14)17/h4-11,17H,12H2,1-3H3,(H,21,23)(H,22,24). The number of amides is 2. The molecule has 6 nitrogen and oxygen atoms in total. The number of fused-ring (bicyclic) bond motifs is 3. The first kappa shape index (κ1) is 17.8. The quantitative estimate of drug-likeness (QED) is 0.800. The molecule has 0 saturated heterocycles. The Bertz CT molecular complexity index is 781. The van der Waals surface area contributed by atoms with Crippen molar-refractivity contribution in [3.63, 3.8) is 0 Å². The fourth-order valence-corrected chi connectivity index (χ4v) is 3.04. The van der Waals surface area contributed by atoms with E-state index in [9.17, 15) is 9.59 Å². The van der Waals surface area contributed by atoms with Crippen LogP contribution in [0.4, 0.5) is 9.59 Å². The van der Waals surface area contributed by atoms with Gasteiger partial charge < -0.3 is 9.47 Å². The SMILES string of the molecule is CC(C)(C)OC(=O)NNC(=O)OCC1c2ccccc2-c2ccccc21. The maximum absolute atomic E-state index is 11.9. The number of carbonyl (C=O) groups excluding carboxylic acids is 2. The predicted octanol–water partition coefficient (Wildman–Crippen LogP) is 3.96. The smallest absolute Gasteiger partial charge is 0.426 e. The third-order valence-electron chi connectivity index (χ3n) is 4.01. The lowest BCUT2D eigenvalue weighted by Gasteiger charge is -2.20. The van der Waals surface area contributed by atoms with Crippen LogP contribution in [0.2, 0.25) is 0 Å². The molecule has 0 fully saturated rings. The molecule has 0 atom stereocenters. The van der Waals surface area contributed by atoms with Gasteiger partial charge in [0.05, 0.1) is 0 Å². The predicted molar refractivity (Wildman–Crippen MR) is 97.6 cm³/mol. The fraction of sp³-hybridized carbons (Fsp3) is 0.300. The fourth-order valence-electron chi connectivity index (χ4n) is 3.04. The van der Waals surface area contributed by atoms with Gasteiger partial charge in [0.2, 0.25) is 0 Å². The van der Waals surface area contributed by atoms with Crippen molar-refractivity contribution in [3.8, 4) is 11.1 Å². The molecule has 6 heteroatoms. The number of hydrogen-bond acceptors (Lipinski definition) is 4. The molecule has 0 aliphatic heterocycles. The van der Waals surface area contributed by atoms with E-state index in [0.717, 1.165) is 22.3 Å². The van der Waals surface area contributed by atoms with Gasteiger partial charge in [-0.05, 0) is 43.0 Å². The van der Waals surface area contributed by atoms with Crippen molar-refractivity contribution in [3.05, 3.63) is 59.7 Å². The number of hydrogen-bond donors (Lipinski definition) is 2. The summed E-state index contributed by atoms with van der Waals surface area (Å²) in [6, 6.07) is 16.2. The van der Waals surface area contributed by atoms with E-state index in [2.05, 4.69) is 23.0 Å². The Hall–Kier alpha value is -3.02. The van der Waals surface area contributed by atoms with Gasteiger partial charge in [0.15, 0.2) is 0 Å². The highest BCUT2D eigenvalue weighted by atomic mass is 16.6. The maximum Gasteiger partial charge on any atom is 0.426 e. The average molecular weight is 354 g/mol. The highest BCUT2D eigenvalue weighted by Gasteiger charge is 2.29. The molecular weight excluding hydrogens is 332 g/mol. The van der Waals surface area contributed by atoms with Gasteiger partial charge in [-0.2, -0.15) is 0 Å². The second kappa shape index (κ2) is 7.07. The van der Waals surface area contributed by atoms with E-state index in [0.29, 0.717) is 0 Å². The zero-order chi connectivity index (χ0) is 18.7. The topological polar surface area (TPSA) is 76.7 Å². The highest BCUT2D eigenvalue weighted by Crippen LogP contribution is 2.44. The Morgan fingerprint density at radius 1 is 0.885 bits per heavy atom. The molecule has 0 spiro atoms. The van der Waals surface area contributed by atoms with Crippen molar-refractivity contribution in [1.82, 2.24) is 10.9 Å². The Balaban J connectivity index is 1.60. The van der Waals surface area contributed by atoms with Gasteiger partial charge in [-0.15, -0.1) is 0 Å². The van der Waals surface area contributed by atoms with Gasteiger partial charge in [0.1, 0.15) is 12.2 Å². The molecule has 0 heterocycles. The van der Waals surface area contributed by atoms with Gasteiger partial charge in [-0.3, -0.25) is 0 Å². The lowest BCUT2D eigenvalue weighted by Crippen LogP contribution is -2.44. The molecule has 0 bridgehead atoms. The minimum absolute atomic E-state index is 0.0327. The van der Waals surface area contributed by atoms with Gasteiger partial charge in [0.25, 0.3) is 0 Å². The Kier molecular flexibility index (Phi) is 4.84.